The third-order valence-electron chi connectivity index (χ3n) is 3.34. The first-order chi connectivity index (χ1) is 11.5. The van der Waals surface area contributed by atoms with Crippen LogP contribution in [0.3, 0.4) is 0 Å². The van der Waals surface area contributed by atoms with Crippen LogP contribution in [0.25, 0.3) is 0 Å². The molecule has 0 fully saturated rings. The quantitative estimate of drug-likeness (QED) is 0.147. The SMILES string of the molecule is COC(=O)CCC(CN)(CCC(=O)OC)C(=O)OCCC#N.NN. The summed E-state index contributed by atoms with van der Waals surface area (Å²) in [4.78, 5) is 34.9. The van der Waals surface area contributed by atoms with Gasteiger partial charge in [0.15, 0.2) is 0 Å². The fraction of sp³-hybridized carbons (Fsp3) is 0.714. The van der Waals surface area contributed by atoms with Gasteiger partial charge in [0, 0.05) is 19.4 Å². The molecular formula is C14H26N4O6. The zero-order chi connectivity index (χ0) is 19.0. The smallest absolute Gasteiger partial charge is 0.313 e. The van der Waals surface area contributed by atoms with Crippen molar-refractivity contribution in [1.82, 2.24) is 0 Å². The van der Waals surface area contributed by atoms with Crippen molar-refractivity contribution < 1.29 is 28.6 Å². The van der Waals surface area contributed by atoms with E-state index in [1.165, 1.54) is 14.2 Å². The molecule has 0 bridgehead atoms. The summed E-state index contributed by atoms with van der Waals surface area (Å²) in [6.45, 7) is -0.153. The molecule has 0 atom stereocenters. The number of nitriles is 1. The minimum absolute atomic E-state index is 0.0256. The standard InChI is InChI=1S/C14H22N2O6.H4N2/c1-20-11(17)4-6-14(10-16,7-5-12(18)21-2)13(19)22-9-3-8-15;1-2/h3-7,9-10,16H2,1-2H3;1-2H2. The van der Waals surface area contributed by atoms with Gasteiger partial charge in [-0.3, -0.25) is 26.1 Å². The summed E-state index contributed by atoms with van der Waals surface area (Å²) in [5.41, 5.74) is 4.52. The molecule has 24 heavy (non-hydrogen) atoms. The number of methoxy groups -OCH3 is 2. The second-order valence-corrected chi connectivity index (χ2v) is 4.68. The van der Waals surface area contributed by atoms with E-state index in [0.717, 1.165) is 0 Å². The highest BCUT2D eigenvalue weighted by atomic mass is 16.5. The second kappa shape index (κ2) is 14.4. The number of carbonyl (C=O) groups is 3. The minimum atomic E-state index is -1.18. The fourth-order valence-electron chi connectivity index (χ4n) is 1.85. The van der Waals surface area contributed by atoms with Crippen molar-refractivity contribution in [3.05, 3.63) is 0 Å². The Balaban J connectivity index is 0. The average Bonchev–Trinajstić information content (AvgIpc) is 2.63. The molecule has 0 aromatic carbocycles. The largest absolute Gasteiger partial charge is 0.469 e. The lowest BCUT2D eigenvalue weighted by Crippen LogP contribution is -2.41. The van der Waals surface area contributed by atoms with Crippen molar-refractivity contribution >= 4 is 17.9 Å². The number of hydrogen-bond donors (Lipinski definition) is 3. The monoisotopic (exact) mass is 346 g/mol. The summed E-state index contributed by atoms with van der Waals surface area (Å²) >= 11 is 0. The number of nitrogens with two attached hydrogens (primary N) is 3. The summed E-state index contributed by atoms with van der Waals surface area (Å²) in [5.74, 6) is 6.40. The van der Waals surface area contributed by atoms with Crippen molar-refractivity contribution in [3.63, 3.8) is 0 Å². The van der Waals surface area contributed by atoms with Gasteiger partial charge in [0.05, 0.1) is 32.1 Å². The highest BCUT2D eigenvalue weighted by Gasteiger charge is 2.39. The second-order valence-electron chi connectivity index (χ2n) is 4.68. The summed E-state index contributed by atoms with van der Waals surface area (Å²) in [6.07, 6.45) is 0.196. The van der Waals surface area contributed by atoms with Crippen LogP contribution in [0.1, 0.15) is 32.1 Å². The van der Waals surface area contributed by atoms with E-state index in [-0.39, 0.29) is 45.3 Å². The molecule has 10 nitrogen and oxygen atoms in total. The molecule has 6 N–H and O–H groups in total. The summed E-state index contributed by atoms with van der Waals surface area (Å²) in [7, 11) is 2.48. The lowest BCUT2D eigenvalue weighted by molar-refractivity contribution is -0.157. The first-order valence-electron chi connectivity index (χ1n) is 7.17. The normalized spacial score (nSPS) is 9.83. The predicted octanol–water partition coefficient (Wildman–Crippen LogP) is -0.886. The van der Waals surface area contributed by atoms with Crippen LogP contribution in [0.2, 0.25) is 0 Å². The number of rotatable bonds is 10. The van der Waals surface area contributed by atoms with Crippen molar-refractivity contribution in [3.8, 4) is 6.07 Å². The average molecular weight is 346 g/mol. The van der Waals surface area contributed by atoms with Crippen LogP contribution in [-0.2, 0) is 28.6 Å². The molecule has 0 amide bonds. The molecule has 0 saturated carbocycles. The number of nitrogens with zero attached hydrogens (tertiary/aromatic N) is 1. The molecule has 0 aromatic rings. The maximum Gasteiger partial charge on any atom is 0.313 e. The molecule has 10 heteroatoms. The van der Waals surface area contributed by atoms with E-state index in [2.05, 4.69) is 21.2 Å². The van der Waals surface area contributed by atoms with Crippen LogP contribution in [0, 0.1) is 16.7 Å². The van der Waals surface area contributed by atoms with E-state index in [0.29, 0.717) is 0 Å². The highest BCUT2D eigenvalue weighted by molar-refractivity contribution is 5.79. The van der Waals surface area contributed by atoms with Crippen molar-refractivity contribution in [2.24, 2.45) is 22.8 Å². The zero-order valence-electron chi connectivity index (χ0n) is 14.1. The molecule has 0 spiro atoms. The van der Waals surface area contributed by atoms with Crippen LogP contribution < -0.4 is 17.4 Å². The molecule has 0 saturated heterocycles. The Morgan fingerprint density at radius 1 is 1.04 bits per heavy atom. The fourth-order valence-corrected chi connectivity index (χ4v) is 1.85. The molecule has 0 aromatic heterocycles. The molecule has 0 aliphatic heterocycles. The van der Waals surface area contributed by atoms with Gasteiger partial charge in [-0.25, -0.2) is 0 Å². The molecule has 0 aliphatic rings. The van der Waals surface area contributed by atoms with Crippen LogP contribution in [0.5, 0.6) is 0 Å². The Bertz CT molecular complexity index is 415. The van der Waals surface area contributed by atoms with Crippen LogP contribution >= 0.6 is 0 Å². The van der Waals surface area contributed by atoms with Crippen molar-refractivity contribution in [2.75, 3.05) is 27.4 Å². The number of ether oxygens (including phenoxy) is 3. The number of hydrazine groups is 1. The van der Waals surface area contributed by atoms with Gasteiger partial charge < -0.3 is 19.9 Å². The van der Waals surface area contributed by atoms with Crippen LogP contribution in [0.15, 0.2) is 0 Å². The highest BCUT2D eigenvalue weighted by Crippen LogP contribution is 2.31. The van der Waals surface area contributed by atoms with Gasteiger partial charge in [-0.1, -0.05) is 0 Å². The molecule has 0 unspecified atom stereocenters. The van der Waals surface area contributed by atoms with Gasteiger partial charge in [-0.15, -0.1) is 0 Å². The van der Waals surface area contributed by atoms with Crippen LogP contribution in [-0.4, -0.2) is 45.3 Å². The van der Waals surface area contributed by atoms with Gasteiger partial charge in [0.25, 0.3) is 0 Å². The van der Waals surface area contributed by atoms with E-state index in [4.69, 9.17) is 15.7 Å². The first-order valence-corrected chi connectivity index (χ1v) is 7.17. The Labute approximate surface area is 141 Å². The first kappa shape index (κ1) is 24.0. The molecule has 0 radical (unpaired) electrons. The maximum atomic E-state index is 12.3. The molecule has 0 aliphatic carbocycles. The summed E-state index contributed by atoms with van der Waals surface area (Å²) in [6, 6.07) is 1.85. The maximum absolute atomic E-state index is 12.3. The zero-order valence-corrected chi connectivity index (χ0v) is 14.1. The Kier molecular flexibility index (Phi) is 14.4. The lowest BCUT2D eigenvalue weighted by Gasteiger charge is -2.29. The van der Waals surface area contributed by atoms with E-state index in [9.17, 15) is 14.4 Å². The number of hydrogen-bond acceptors (Lipinski definition) is 10. The van der Waals surface area contributed by atoms with Crippen molar-refractivity contribution in [2.45, 2.75) is 32.1 Å². The van der Waals surface area contributed by atoms with Gasteiger partial charge in [-0.2, -0.15) is 5.26 Å². The molecule has 0 heterocycles. The van der Waals surface area contributed by atoms with E-state index >= 15 is 0 Å². The molecular weight excluding hydrogens is 320 g/mol. The number of carbonyl (C=O) groups excluding carboxylic acids is 3. The van der Waals surface area contributed by atoms with E-state index in [1.54, 1.807) is 0 Å². The Morgan fingerprint density at radius 3 is 1.83 bits per heavy atom. The summed E-state index contributed by atoms with van der Waals surface area (Å²) < 4.78 is 14.1. The minimum Gasteiger partial charge on any atom is -0.469 e. The van der Waals surface area contributed by atoms with E-state index < -0.39 is 23.3 Å². The van der Waals surface area contributed by atoms with Gasteiger partial charge >= 0.3 is 17.9 Å². The number of esters is 3. The Hall–Kier alpha value is -2.22. The van der Waals surface area contributed by atoms with E-state index in [1.807, 2.05) is 6.07 Å². The Morgan fingerprint density at radius 2 is 1.50 bits per heavy atom. The molecule has 138 valence electrons. The predicted molar refractivity (Wildman–Crippen MR) is 83.6 cm³/mol. The summed E-state index contributed by atoms with van der Waals surface area (Å²) in [5, 5.41) is 8.47. The van der Waals surface area contributed by atoms with Gasteiger partial charge in [-0.05, 0) is 12.8 Å². The third kappa shape index (κ3) is 9.04. The molecule has 0 rings (SSSR count). The third-order valence-corrected chi connectivity index (χ3v) is 3.34. The topological polar surface area (TPSA) is 181 Å². The lowest BCUT2D eigenvalue weighted by atomic mass is 9.79. The van der Waals surface area contributed by atoms with Crippen LogP contribution in [0.4, 0.5) is 0 Å². The van der Waals surface area contributed by atoms with Gasteiger partial charge in [0.2, 0.25) is 0 Å². The van der Waals surface area contributed by atoms with Gasteiger partial charge in [0.1, 0.15) is 6.61 Å². The van der Waals surface area contributed by atoms with Crippen molar-refractivity contribution in [1.29, 1.82) is 5.26 Å².